The Morgan fingerprint density at radius 3 is 2.76 bits per heavy atom. The fourth-order valence-corrected chi connectivity index (χ4v) is 5.25. The molecule has 1 amide bonds. The molecule has 0 N–H and O–H groups in total. The van der Waals surface area contributed by atoms with E-state index in [0.717, 1.165) is 23.1 Å². The average Bonchev–Trinajstić information content (AvgIpc) is 3.08. The zero-order chi connectivity index (χ0) is 20.4. The number of aryl methyl sites for hydroxylation is 2. The van der Waals surface area contributed by atoms with Gasteiger partial charge in [-0.25, -0.2) is 0 Å². The summed E-state index contributed by atoms with van der Waals surface area (Å²) in [4.78, 5) is 18.0. The lowest BCUT2D eigenvalue weighted by atomic mass is 9.90. The highest BCUT2D eigenvalue weighted by molar-refractivity contribution is 7.16. The van der Waals surface area contributed by atoms with Crippen LogP contribution in [0, 0.1) is 0 Å². The van der Waals surface area contributed by atoms with E-state index >= 15 is 0 Å². The quantitative estimate of drug-likeness (QED) is 0.472. The van der Waals surface area contributed by atoms with E-state index in [4.69, 9.17) is 27.9 Å². The van der Waals surface area contributed by atoms with E-state index in [9.17, 15) is 4.79 Å². The van der Waals surface area contributed by atoms with Crippen molar-refractivity contribution in [2.24, 2.45) is 4.99 Å². The highest BCUT2D eigenvalue weighted by Gasteiger charge is 2.16. The molecule has 7 heteroatoms. The zero-order valence-electron chi connectivity index (χ0n) is 16.2. The minimum Gasteiger partial charge on any atom is -0.380 e. The number of amides is 1. The Hall–Kier alpha value is -1.66. The Labute approximate surface area is 183 Å². The molecule has 1 aromatic heterocycles. The average molecular weight is 449 g/mol. The molecule has 0 fully saturated rings. The number of thiazole rings is 1. The minimum atomic E-state index is -0.239. The first-order chi connectivity index (χ1) is 14.1. The summed E-state index contributed by atoms with van der Waals surface area (Å²) in [5, 5.41) is 0.953. The third-order valence-electron chi connectivity index (χ3n) is 5.19. The summed E-state index contributed by atoms with van der Waals surface area (Å²) >= 11 is 14.1. The fourth-order valence-electron chi connectivity index (χ4n) is 3.71. The Balaban J connectivity index is 1.77. The molecule has 1 heterocycles. The number of hydrogen-bond acceptors (Lipinski definition) is 3. The van der Waals surface area contributed by atoms with Crippen LogP contribution >= 0.6 is 34.5 Å². The van der Waals surface area contributed by atoms with E-state index < -0.39 is 0 Å². The van der Waals surface area contributed by atoms with Crippen LogP contribution in [0.4, 0.5) is 0 Å². The van der Waals surface area contributed by atoms with Gasteiger partial charge in [0, 0.05) is 18.7 Å². The number of benzene rings is 2. The van der Waals surface area contributed by atoms with Gasteiger partial charge in [-0.2, -0.15) is 4.99 Å². The zero-order valence-corrected chi connectivity index (χ0v) is 18.5. The van der Waals surface area contributed by atoms with Gasteiger partial charge in [-0.15, -0.1) is 0 Å². The third-order valence-corrected chi connectivity index (χ3v) is 7.03. The van der Waals surface area contributed by atoms with E-state index in [1.54, 1.807) is 6.07 Å². The van der Waals surface area contributed by atoms with Crippen molar-refractivity contribution in [3.05, 3.63) is 61.9 Å². The maximum Gasteiger partial charge on any atom is 0.279 e. The van der Waals surface area contributed by atoms with Crippen molar-refractivity contribution in [3.63, 3.8) is 0 Å². The molecule has 29 heavy (non-hydrogen) atoms. The van der Waals surface area contributed by atoms with Crippen LogP contribution in [0.25, 0.3) is 10.2 Å². The molecule has 0 bridgehead atoms. The van der Waals surface area contributed by atoms with Gasteiger partial charge in [0.1, 0.15) is 0 Å². The monoisotopic (exact) mass is 448 g/mol. The summed E-state index contributed by atoms with van der Waals surface area (Å²) in [7, 11) is 0. The maximum absolute atomic E-state index is 12.9. The number of hydrogen-bond donors (Lipinski definition) is 0. The van der Waals surface area contributed by atoms with Crippen molar-refractivity contribution < 1.29 is 9.53 Å². The van der Waals surface area contributed by atoms with Gasteiger partial charge >= 0.3 is 0 Å². The first-order valence-corrected chi connectivity index (χ1v) is 11.4. The van der Waals surface area contributed by atoms with Gasteiger partial charge in [0.25, 0.3) is 5.91 Å². The van der Waals surface area contributed by atoms with Crippen LogP contribution < -0.4 is 4.80 Å². The third kappa shape index (κ3) is 4.29. The first-order valence-electron chi connectivity index (χ1n) is 9.84. The molecule has 0 radical (unpaired) electrons. The number of nitrogens with zero attached hydrogens (tertiary/aromatic N) is 2. The van der Waals surface area contributed by atoms with Gasteiger partial charge in [-0.1, -0.05) is 40.6 Å². The van der Waals surface area contributed by atoms with Gasteiger partial charge in [0.15, 0.2) is 4.80 Å². The van der Waals surface area contributed by atoms with E-state index in [2.05, 4.69) is 11.1 Å². The summed E-state index contributed by atoms with van der Waals surface area (Å²) in [6, 6.07) is 9.64. The smallest absolute Gasteiger partial charge is 0.279 e. The highest BCUT2D eigenvalue weighted by atomic mass is 35.5. The molecule has 4 rings (SSSR count). The standard InChI is InChI=1S/C22H22Cl2N2O2S/c1-2-28-12-11-26-20-18(10-9-17(23)19(20)24)29-22(26)25-21(27)16-8-7-14-5-3-4-6-15(14)13-16/h7-10,13H,2-6,11-12H2,1H3. The molecule has 0 spiro atoms. The summed E-state index contributed by atoms with van der Waals surface area (Å²) < 4.78 is 8.38. The Morgan fingerprint density at radius 2 is 1.97 bits per heavy atom. The van der Waals surface area contributed by atoms with E-state index in [0.29, 0.717) is 40.2 Å². The summed E-state index contributed by atoms with van der Waals surface area (Å²) in [6.45, 7) is 3.62. The van der Waals surface area contributed by atoms with Crippen LogP contribution in [-0.4, -0.2) is 23.7 Å². The van der Waals surface area contributed by atoms with Gasteiger partial charge < -0.3 is 9.30 Å². The highest BCUT2D eigenvalue weighted by Crippen LogP contribution is 2.32. The van der Waals surface area contributed by atoms with Crippen LogP contribution in [0.3, 0.4) is 0 Å². The molecule has 152 valence electrons. The Kier molecular flexibility index (Phi) is 6.40. The van der Waals surface area contributed by atoms with Crippen molar-refractivity contribution in [2.45, 2.75) is 39.2 Å². The van der Waals surface area contributed by atoms with Crippen molar-refractivity contribution >= 4 is 50.7 Å². The summed E-state index contributed by atoms with van der Waals surface area (Å²) in [5.41, 5.74) is 4.04. The second-order valence-corrected chi connectivity index (χ2v) is 8.84. The lowest BCUT2D eigenvalue weighted by Crippen LogP contribution is -2.20. The topological polar surface area (TPSA) is 43.6 Å². The number of rotatable bonds is 5. The number of aromatic nitrogens is 1. The molecule has 0 aliphatic heterocycles. The molecule has 0 saturated carbocycles. The van der Waals surface area contributed by atoms with Crippen LogP contribution in [-0.2, 0) is 24.1 Å². The largest absolute Gasteiger partial charge is 0.380 e. The number of ether oxygens (including phenoxy) is 1. The van der Waals surface area contributed by atoms with Crippen molar-refractivity contribution in [2.75, 3.05) is 13.2 Å². The maximum atomic E-state index is 12.9. The van der Waals surface area contributed by atoms with Crippen LogP contribution in [0.5, 0.6) is 0 Å². The molecule has 1 aliphatic rings. The summed E-state index contributed by atoms with van der Waals surface area (Å²) in [5.74, 6) is -0.239. The molecule has 0 atom stereocenters. The molecular weight excluding hydrogens is 427 g/mol. The van der Waals surface area contributed by atoms with Crippen molar-refractivity contribution in [3.8, 4) is 0 Å². The predicted molar refractivity (Wildman–Crippen MR) is 119 cm³/mol. The van der Waals surface area contributed by atoms with Crippen LogP contribution in [0.2, 0.25) is 10.0 Å². The fraction of sp³-hybridized carbons (Fsp3) is 0.364. The van der Waals surface area contributed by atoms with Gasteiger partial charge in [0.2, 0.25) is 0 Å². The lowest BCUT2D eigenvalue weighted by molar-refractivity contribution is 0.0996. The second-order valence-electron chi connectivity index (χ2n) is 7.05. The Morgan fingerprint density at radius 1 is 1.17 bits per heavy atom. The number of halogens is 2. The molecular formula is C22H22Cl2N2O2S. The molecule has 1 aliphatic carbocycles. The van der Waals surface area contributed by atoms with Crippen molar-refractivity contribution in [1.82, 2.24) is 4.57 Å². The Bertz CT molecular complexity index is 1130. The number of carbonyl (C=O) groups is 1. The van der Waals surface area contributed by atoms with Gasteiger partial charge in [-0.05, 0) is 68.0 Å². The van der Waals surface area contributed by atoms with E-state index in [1.165, 1.54) is 35.3 Å². The number of fused-ring (bicyclic) bond motifs is 2. The molecule has 0 saturated heterocycles. The lowest BCUT2D eigenvalue weighted by Gasteiger charge is -2.15. The predicted octanol–water partition coefficient (Wildman–Crippen LogP) is 5.67. The van der Waals surface area contributed by atoms with E-state index in [-0.39, 0.29) is 5.91 Å². The summed E-state index contributed by atoms with van der Waals surface area (Å²) in [6.07, 6.45) is 4.51. The number of carbonyl (C=O) groups excluding carboxylic acids is 1. The van der Waals surface area contributed by atoms with Crippen LogP contribution in [0.15, 0.2) is 35.3 Å². The van der Waals surface area contributed by atoms with Gasteiger partial charge in [-0.3, -0.25) is 4.79 Å². The first kappa shape index (κ1) is 20.6. The SMILES string of the molecule is CCOCCn1c(=NC(=O)c2ccc3c(c2)CCCC3)sc2ccc(Cl)c(Cl)c21. The van der Waals surface area contributed by atoms with Crippen LogP contribution in [0.1, 0.15) is 41.3 Å². The van der Waals surface area contributed by atoms with E-state index in [1.807, 2.05) is 29.7 Å². The van der Waals surface area contributed by atoms with Gasteiger partial charge in [0.05, 0.1) is 26.9 Å². The second kappa shape index (κ2) is 9.00. The minimum absolute atomic E-state index is 0.239. The van der Waals surface area contributed by atoms with Crippen molar-refractivity contribution in [1.29, 1.82) is 0 Å². The molecule has 4 nitrogen and oxygen atoms in total. The molecule has 0 unspecified atom stereocenters. The molecule has 3 aromatic rings. The normalized spacial score (nSPS) is 14.4. The molecule has 2 aromatic carbocycles.